The topological polar surface area (TPSA) is 71.9 Å². The predicted molar refractivity (Wildman–Crippen MR) is 65.4 cm³/mol. The minimum Gasteiger partial charge on any atom is -0.497 e. The summed E-state index contributed by atoms with van der Waals surface area (Å²) in [5.74, 6) is 0.767. The Morgan fingerprint density at radius 1 is 1.24 bits per heavy atom. The Morgan fingerprint density at radius 2 is 1.94 bits per heavy atom. The average Bonchev–Trinajstić information content (AvgIpc) is 2.39. The van der Waals surface area contributed by atoms with Crippen LogP contribution >= 0.6 is 0 Å². The molecule has 0 atom stereocenters. The first-order valence-corrected chi connectivity index (χ1v) is 5.05. The van der Waals surface area contributed by atoms with Gasteiger partial charge in [-0.05, 0) is 30.3 Å². The van der Waals surface area contributed by atoms with Crippen molar-refractivity contribution in [2.75, 3.05) is 12.8 Å². The summed E-state index contributed by atoms with van der Waals surface area (Å²) in [6, 6.07) is 11.0. The monoisotopic (exact) mass is 225 g/mol. The molecule has 2 rings (SSSR count). The number of methoxy groups -OCH3 is 1. The standard InChI is InChI=1S/C13H11N3O/c1-17-11-4-2-9(3-5-11)13-12(15)10(8-14)6-7-16-13/h2-7H,15H2,1H3. The molecule has 4 nitrogen and oxygen atoms in total. The highest BCUT2D eigenvalue weighted by atomic mass is 16.5. The van der Waals surface area contributed by atoms with Gasteiger partial charge in [0.05, 0.1) is 24.1 Å². The average molecular weight is 225 g/mol. The van der Waals surface area contributed by atoms with E-state index < -0.39 is 0 Å². The maximum Gasteiger partial charge on any atom is 0.118 e. The van der Waals surface area contributed by atoms with E-state index >= 15 is 0 Å². The number of hydrogen-bond acceptors (Lipinski definition) is 4. The van der Waals surface area contributed by atoms with Crippen LogP contribution in [0.1, 0.15) is 5.56 Å². The van der Waals surface area contributed by atoms with E-state index in [0.29, 0.717) is 16.9 Å². The first-order chi connectivity index (χ1) is 8.26. The van der Waals surface area contributed by atoms with Crippen LogP contribution in [0.2, 0.25) is 0 Å². The summed E-state index contributed by atoms with van der Waals surface area (Å²) in [4.78, 5) is 4.20. The molecule has 84 valence electrons. The maximum absolute atomic E-state index is 8.89. The van der Waals surface area contributed by atoms with E-state index in [4.69, 9.17) is 15.7 Å². The van der Waals surface area contributed by atoms with Crippen molar-refractivity contribution in [2.24, 2.45) is 0 Å². The van der Waals surface area contributed by atoms with Crippen molar-refractivity contribution in [3.05, 3.63) is 42.1 Å². The largest absolute Gasteiger partial charge is 0.497 e. The second-order valence-electron chi connectivity index (χ2n) is 3.46. The zero-order valence-corrected chi connectivity index (χ0v) is 9.34. The minimum absolute atomic E-state index is 0.403. The summed E-state index contributed by atoms with van der Waals surface area (Å²) in [7, 11) is 1.61. The highest BCUT2D eigenvalue weighted by molar-refractivity contribution is 5.76. The Hall–Kier alpha value is -2.54. The van der Waals surface area contributed by atoms with Crippen LogP contribution in [0.3, 0.4) is 0 Å². The summed E-state index contributed by atoms with van der Waals surface area (Å²) >= 11 is 0. The molecule has 4 heteroatoms. The Bertz CT molecular complexity index is 570. The van der Waals surface area contributed by atoms with Gasteiger partial charge in [0.15, 0.2) is 0 Å². The molecule has 0 saturated carbocycles. The SMILES string of the molecule is COc1ccc(-c2nccc(C#N)c2N)cc1. The van der Waals surface area contributed by atoms with Crippen molar-refractivity contribution in [1.29, 1.82) is 5.26 Å². The molecular formula is C13H11N3O. The molecule has 2 aromatic rings. The molecule has 0 unspecified atom stereocenters. The van der Waals surface area contributed by atoms with Crippen molar-refractivity contribution >= 4 is 5.69 Å². The number of anilines is 1. The zero-order chi connectivity index (χ0) is 12.3. The molecule has 0 aliphatic heterocycles. The van der Waals surface area contributed by atoms with Gasteiger partial charge < -0.3 is 10.5 Å². The van der Waals surface area contributed by atoms with Crippen molar-refractivity contribution in [3.63, 3.8) is 0 Å². The van der Waals surface area contributed by atoms with Gasteiger partial charge in [-0.3, -0.25) is 4.98 Å². The second-order valence-corrected chi connectivity index (χ2v) is 3.46. The Kier molecular flexibility index (Phi) is 2.93. The quantitative estimate of drug-likeness (QED) is 0.850. The fourth-order valence-electron chi connectivity index (χ4n) is 1.55. The van der Waals surface area contributed by atoms with Gasteiger partial charge >= 0.3 is 0 Å². The first-order valence-electron chi connectivity index (χ1n) is 5.05. The fraction of sp³-hybridized carbons (Fsp3) is 0.0769. The molecule has 0 amide bonds. The van der Waals surface area contributed by atoms with Gasteiger partial charge in [-0.25, -0.2) is 0 Å². The molecule has 2 N–H and O–H groups in total. The van der Waals surface area contributed by atoms with E-state index in [1.54, 1.807) is 19.4 Å². The lowest BCUT2D eigenvalue weighted by molar-refractivity contribution is 0.415. The molecule has 1 aromatic carbocycles. The smallest absolute Gasteiger partial charge is 0.118 e. The number of hydrogen-bond donors (Lipinski definition) is 1. The molecular weight excluding hydrogens is 214 g/mol. The van der Waals surface area contributed by atoms with E-state index in [1.165, 1.54) is 0 Å². The Labute approximate surface area is 99.3 Å². The van der Waals surface area contributed by atoms with E-state index in [2.05, 4.69) is 4.98 Å². The van der Waals surface area contributed by atoms with Crippen LogP contribution in [-0.2, 0) is 0 Å². The van der Waals surface area contributed by atoms with Gasteiger partial charge in [-0.2, -0.15) is 5.26 Å². The molecule has 1 heterocycles. The molecule has 0 radical (unpaired) electrons. The van der Waals surface area contributed by atoms with Crippen molar-refractivity contribution in [3.8, 4) is 23.1 Å². The van der Waals surface area contributed by atoms with E-state index in [9.17, 15) is 0 Å². The van der Waals surface area contributed by atoms with Gasteiger partial charge in [-0.1, -0.05) is 0 Å². The van der Waals surface area contributed by atoms with Gasteiger partial charge in [-0.15, -0.1) is 0 Å². The molecule has 0 aliphatic carbocycles. The number of aromatic nitrogens is 1. The third-order valence-electron chi connectivity index (χ3n) is 2.47. The Morgan fingerprint density at radius 3 is 2.53 bits per heavy atom. The molecule has 0 spiro atoms. The summed E-state index contributed by atoms with van der Waals surface area (Å²) in [6.07, 6.45) is 1.58. The number of nitrogen functional groups attached to an aromatic ring is 1. The van der Waals surface area contributed by atoms with Crippen LogP contribution in [0.25, 0.3) is 11.3 Å². The highest BCUT2D eigenvalue weighted by Crippen LogP contribution is 2.27. The summed E-state index contributed by atoms with van der Waals surface area (Å²) in [5.41, 5.74) is 8.20. The predicted octanol–water partition coefficient (Wildman–Crippen LogP) is 2.21. The summed E-state index contributed by atoms with van der Waals surface area (Å²) in [6.45, 7) is 0. The van der Waals surface area contributed by atoms with E-state index in [1.807, 2.05) is 30.3 Å². The third kappa shape index (κ3) is 2.04. The maximum atomic E-state index is 8.89. The van der Waals surface area contributed by atoms with Gasteiger partial charge in [0.25, 0.3) is 0 Å². The Balaban J connectivity index is 2.50. The lowest BCUT2D eigenvalue weighted by atomic mass is 10.1. The van der Waals surface area contributed by atoms with Gasteiger partial charge in [0.1, 0.15) is 11.8 Å². The van der Waals surface area contributed by atoms with E-state index in [-0.39, 0.29) is 0 Å². The molecule has 1 aromatic heterocycles. The van der Waals surface area contributed by atoms with Crippen LogP contribution in [0.15, 0.2) is 36.5 Å². The van der Waals surface area contributed by atoms with Crippen LogP contribution < -0.4 is 10.5 Å². The number of pyridine rings is 1. The van der Waals surface area contributed by atoms with Crippen LogP contribution in [-0.4, -0.2) is 12.1 Å². The fourth-order valence-corrected chi connectivity index (χ4v) is 1.55. The second kappa shape index (κ2) is 4.54. The van der Waals surface area contributed by atoms with Crippen molar-refractivity contribution in [2.45, 2.75) is 0 Å². The van der Waals surface area contributed by atoms with Crippen molar-refractivity contribution < 1.29 is 4.74 Å². The molecule has 17 heavy (non-hydrogen) atoms. The zero-order valence-electron chi connectivity index (χ0n) is 9.34. The molecule has 0 saturated heterocycles. The minimum atomic E-state index is 0.403. The van der Waals surface area contributed by atoms with Gasteiger partial charge in [0, 0.05) is 11.8 Å². The molecule has 0 bridgehead atoms. The normalized spacial score (nSPS) is 9.65. The first kappa shape index (κ1) is 11.0. The number of rotatable bonds is 2. The summed E-state index contributed by atoms with van der Waals surface area (Å²) in [5, 5.41) is 8.89. The number of nitriles is 1. The van der Waals surface area contributed by atoms with Crippen LogP contribution in [0.5, 0.6) is 5.75 Å². The van der Waals surface area contributed by atoms with Crippen LogP contribution in [0.4, 0.5) is 5.69 Å². The lowest BCUT2D eigenvalue weighted by Crippen LogP contribution is -1.96. The van der Waals surface area contributed by atoms with Gasteiger partial charge in [0.2, 0.25) is 0 Å². The number of ether oxygens (including phenoxy) is 1. The number of benzene rings is 1. The van der Waals surface area contributed by atoms with Crippen LogP contribution in [0, 0.1) is 11.3 Å². The lowest BCUT2D eigenvalue weighted by Gasteiger charge is -2.06. The number of nitrogens with two attached hydrogens (primary N) is 1. The number of nitrogens with zero attached hydrogens (tertiary/aromatic N) is 2. The van der Waals surface area contributed by atoms with E-state index in [0.717, 1.165) is 11.3 Å². The third-order valence-corrected chi connectivity index (χ3v) is 2.47. The van der Waals surface area contributed by atoms with Crippen molar-refractivity contribution in [1.82, 2.24) is 4.98 Å². The molecule has 0 fully saturated rings. The summed E-state index contributed by atoms with van der Waals surface area (Å²) < 4.78 is 5.08. The molecule has 0 aliphatic rings. The highest BCUT2D eigenvalue weighted by Gasteiger charge is 2.08.